The molecule has 18 heavy (non-hydrogen) atoms. The van der Waals surface area contributed by atoms with Crippen LogP contribution >= 0.6 is 0 Å². The molecular weight excluding hydrogens is 227 g/mol. The predicted octanol–water partition coefficient (Wildman–Crippen LogP) is 3.30. The van der Waals surface area contributed by atoms with E-state index in [0.29, 0.717) is 5.52 Å². The summed E-state index contributed by atoms with van der Waals surface area (Å²) < 4.78 is 14.2. The topological polar surface area (TPSA) is 41.8 Å². The molecule has 3 rings (SSSR count). The Hall–Kier alpha value is -1.35. The zero-order valence-corrected chi connectivity index (χ0v) is 11.1. The quantitative estimate of drug-likeness (QED) is 0.838. The first-order valence-electron chi connectivity index (χ1n) is 6.50. The number of nitrogens with one attached hydrogen (secondary N) is 1. The first-order valence-corrected chi connectivity index (χ1v) is 6.50. The van der Waals surface area contributed by atoms with Crippen molar-refractivity contribution in [1.82, 2.24) is 4.98 Å². The molecule has 3 N–H and O–H groups in total. The molecular formula is C15H19FN2. The number of aromatic amines is 1. The van der Waals surface area contributed by atoms with E-state index in [9.17, 15) is 4.39 Å². The van der Waals surface area contributed by atoms with Gasteiger partial charge in [-0.05, 0) is 56.9 Å². The van der Waals surface area contributed by atoms with Gasteiger partial charge in [0.05, 0.1) is 5.52 Å². The summed E-state index contributed by atoms with van der Waals surface area (Å²) in [5, 5.41) is 0.995. The van der Waals surface area contributed by atoms with Crippen LogP contribution in [0, 0.1) is 19.7 Å². The Kier molecular flexibility index (Phi) is 2.33. The molecule has 1 fully saturated rings. The molecule has 1 atom stereocenters. The van der Waals surface area contributed by atoms with Crippen molar-refractivity contribution in [3.8, 4) is 0 Å². The normalized spacial score (nSPS) is 19.2. The number of benzene rings is 1. The average molecular weight is 246 g/mol. The number of fused-ring (bicyclic) bond motifs is 1. The fraction of sp³-hybridized carbons (Fsp3) is 0.467. The Labute approximate surface area is 106 Å². The molecule has 1 aliphatic carbocycles. The maximum Gasteiger partial charge on any atom is 0.147 e. The fourth-order valence-electron chi connectivity index (χ4n) is 2.94. The summed E-state index contributed by atoms with van der Waals surface area (Å²) in [5.74, 6) is -0.161. The molecule has 1 saturated carbocycles. The van der Waals surface area contributed by atoms with Crippen molar-refractivity contribution in [1.29, 1.82) is 0 Å². The third-order valence-electron chi connectivity index (χ3n) is 4.60. The Morgan fingerprint density at radius 2 is 2.00 bits per heavy atom. The van der Waals surface area contributed by atoms with Crippen LogP contribution in [0.2, 0.25) is 0 Å². The Bertz CT molecular complexity index is 621. The lowest BCUT2D eigenvalue weighted by atomic mass is 9.88. The smallest absolute Gasteiger partial charge is 0.147 e. The molecule has 1 heterocycles. The van der Waals surface area contributed by atoms with E-state index in [1.807, 2.05) is 20.8 Å². The van der Waals surface area contributed by atoms with Crippen LogP contribution in [-0.4, -0.2) is 11.0 Å². The number of hydrogen-bond acceptors (Lipinski definition) is 1. The van der Waals surface area contributed by atoms with E-state index in [-0.39, 0.29) is 17.3 Å². The van der Waals surface area contributed by atoms with Gasteiger partial charge in [0.15, 0.2) is 0 Å². The number of rotatable bonds is 2. The second-order valence-electron chi connectivity index (χ2n) is 5.70. The lowest BCUT2D eigenvalue weighted by Gasteiger charge is -2.20. The number of aryl methyl sites for hydroxylation is 2. The van der Waals surface area contributed by atoms with Gasteiger partial charge in [-0.1, -0.05) is 0 Å². The maximum atomic E-state index is 14.2. The highest BCUT2D eigenvalue weighted by molar-refractivity contribution is 5.86. The van der Waals surface area contributed by atoms with Gasteiger partial charge >= 0.3 is 0 Å². The molecule has 1 aromatic carbocycles. The monoisotopic (exact) mass is 246 g/mol. The lowest BCUT2D eigenvalue weighted by molar-refractivity contribution is 0.550. The van der Waals surface area contributed by atoms with E-state index in [0.717, 1.165) is 35.0 Å². The summed E-state index contributed by atoms with van der Waals surface area (Å²) in [6, 6.07) is 3.86. The van der Waals surface area contributed by atoms with E-state index >= 15 is 0 Å². The molecule has 0 bridgehead atoms. The number of aromatic nitrogens is 1. The number of H-pyrrole nitrogens is 1. The minimum atomic E-state index is -0.161. The van der Waals surface area contributed by atoms with Gasteiger partial charge in [-0.3, -0.25) is 0 Å². The second-order valence-corrected chi connectivity index (χ2v) is 5.70. The number of nitrogens with two attached hydrogens (primary N) is 1. The fourth-order valence-corrected chi connectivity index (χ4v) is 2.94. The van der Waals surface area contributed by atoms with Crippen molar-refractivity contribution < 1.29 is 4.39 Å². The Morgan fingerprint density at radius 3 is 2.56 bits per heavy atom. The van der Waals surface area contributed by atoms with E-state index in [4.69, 9.17) is 5.73 Å². The summed E-state index contributed by atoms with van der Waals surface area (Å²) in [7, 11) is 0. The zero-order valence-electron chi connectivity index (χ0n) is 11.1. The third kappa shape index (κ3) is 1.43. The van der Waals surface area contributed by atoms with Gasteiger partial charge in [0, 0.05) is 22.5 Å². The Morgan fingerprint density at radius 1 is 1.33 bits per heavy atom. The Balaban J connectivity index is 2.24. The number of hydrogen-bond donors (Lipinski definition) is 2. The summed E-state index contributed by atoms with van der Waals surface area (Å²) in [5.41, 5.74) is 9.92. The molecule has 0 amide bonds. The van der Waals surface area contributed by atoms with Gasteiger partial charge in [-0.2, -0.15) is 0 Å². The van der Waals surface area contributed by atoms with Gasteiger partial charge in [0.2, 0.25) is 0 Å². The minimum absolute atomic E-state index is 0.00659. The summed E-state index contributed by atoms with van der Waals surface area (Å²) in [4.78, 5) is 3.12. The molecule has 0 saturated heterocycles. The van der Waals surface area contributed by atoms with E-state index in [1.54, 1.807) is 6.07 Å². The highest BCUT2D eigenvalue weighted by Crippen LogP contribution is 2.51. The van der Waals surface area contributed by atoms with Crippen LogP contribution in [0.1, 0.15) is 36.6 Å². The van der Waals surface area contributed by atoms with E-state index in [1.165, 1.54) is 0 Å². The standard InChI is InChI=1S/C15H19FN2/c1-8-9(2)18-14-12(8)6-11(7-13(14)16)15(4-5-15)10(3)17/h6-7,10,18H,4-5,17H2,1-3H3. The molecule has 0 spiro atoms. The molecule has 1 unspecified atom stereocenters. The summed E-state index contributed by atoms with van der Waals surface area (Å²) >= 11 is 0. The molecule has 1 aliphatic rings. The molecule has 0 radical (unpaired) electrons. The molecule has 2 aromatic rings. The first kappa shape index (κ1) is 11.7. The highest BCUT2D eigenvalue weighted by Gasteiger charge is 2.47. The van der Waals surface area contributed by atoms with Gasteiger partial charge in [-0.15, -0.1) is 0 Å². The van der Waals surface area contributed by atoms with Crippen molar-refractivity contribution in [2.24, 2.45) is 5.73 Å². The SMILES string of the molecule is Cc1[nH]c2c(F)cc(C3(C(C)N)CC3)cc2c1C. The van der Waals surface area contributed by atoms with Crippen LogP contribution in [0.3, 0.4) is 0 Å². The van der Waals surface area contributed by atoms with Crippen LogP contribution in [0.5, 0.6) is 0 Å². The van der Waals surface area contributed by atoms with Gasteiger partial charge in [0.25, 0.3) is 0 Å². The van der Waals surface area contributed by atoms with Crippen LogP contribution in [-0.2, 0) is 5.41 Å². The highest BCUT2D eigenvalue weighted by atomic mass is 19.1. The van der Waals surface area contributed by atoms with E-state index < -0.39 is 0 Å². The molecule has 0 aliphatic heterocycles. The van der Waals surface area contributed by atoms with Crippen molar-refractivity contribution in [3.05, 3.63) is 34.8 Å². The molecule has 3 heteroatoms. The lowest BCUT2D eigenvalue weighted by Crippen LogP contribution is -2.31. The van der Waals surface area contributed by atoms with Crippen LogP contribution in [0.4, 0.5) is 4.39 Å². The maximum absolute atomic E-state index is 14.2. The van der Waals surface area contributed by atoms with Gasteiger partial charge in [0.1, 0.15) is 5.82 Å². The summed E-state index contributed by atoms with van der Waals surface area (Å²) in [6.07, 6.45) is 2.14. The van der Waals surface area contributed by atoms with Crippen LogP contribution in [0.25, 0.3) is 10.9 Å². The van der Waals surface area contributed by atoms with E-state index in [2.05, 4.69) is 11.1 Å². The zero-order chi connectivity index (χ0) is 13.1. The second kappa shape index (κ2) is 3.58. The molecule has 96 valence electrons. The number of halogens is 1. The van der Waals surface area contributed by atoms with Crippen molar-refractivity contribution >= 4 is 10.9 Å². The van der Waals surface area contributed by atoms with Crippen LogP contribution < -0.4 is 5.73 Å². The first-order chi connectivity index (χ1) is 8.45. The summed E-state index contributed by atoms with van der Waals surface area (Å²) in [6.45, 7) is 6.03. The van der Waals surface area contributed by atoms with Crippen molar-refractivity contribution in [2.45, 2.75) is 45.1 Å². The van der Waals surface area contributed by atoms with Crippen molar-refractivity contribution in [2.75, 3.05) is 0 Å². The van der Waals surface area contributed by atoms with Gasteiger partial charge < -0.3 is 10.7 Å². The molecule has 2 nitrogen and oxygen atoms in total. The van der Waals surface area contributed by atoms with Crippen molar-refractivity contribution in [3.63, 3.8) is 0 Å². The average Bonchev–Trinajstić information content (AvgIpc) is 3.06. The predicted molar refractivity (Wildman–Crippen MR) is 72.3 cm³/mol. The molecule has 1 aromatic heterocycles. The van der Waals surface area contributed by atoms with Gasteiger partial charge in [-0.25, -0.2) is 4.39 Å². The largest absolute Gasteiger partial charge is 0.356 e. The third-order valence-corrected chi connectivity index (χ3v) is 4.60. The van der Waals surface area contributed by atoms with Crippen LogP contribution in [0.15, 0.2) is 12.1 Å². The minimum Gasteiger partial charge on any atom is -0.356 e.